The number of fused-ring (bicyclic) bond motifs is 1. The highest BCUT2D eigenvalue weighted by molar-refractivity contribution is 5.94. The van der Waals surface area contributed by atoms with Crippen molar-refractivity contribution in [3.63, 3.8) is 0 Å². The highest BCUT2D eigenvalue weighted by atomic mass is 19.1. The Morgan fingerprint density at radius 3 is 2.80 bits per heavy atom. The van der Waals surface area contributed by atoms with Crippen LogP contribution in [0.2, 0.25) is 0 Å². The highest BCUT2D eigenvalue weighted by Gasteiger charge is 2.40. The van der Waals surface area contributed by atoms with Crippen molar-refractivity contribution < 1.29 is 18.7 Å². The molecule has 0 aliphatic carbocycles. The third kappa shape index (κ3) is 3.11. The zero-order valence-corrected chi connectivity index (χ0v) is 16.6. The topological polar surface area (TPSA) is 61.1 Å². The van der Waals surface area contributed by atoms with Crippen LogP contribution in [-0.2, 0) is 0 Å². The average molecular weight is 412 g/mol. The van der Waals surface area contributed by atoms with E-state index in [9.17, 15) is 18.7 Å². The van der Waals surface area contributed by atoms with Crippen LogP contribution in [0, 0.1) is 11.6 Å². The van der Waals surface area contributed by atoms with Crippen molar-refractivity contribution in [1.29, 1.82) is 0 Å². The number of β-amino-alcohol motifs (C(OH)–C–C–N with tert-alkyl or cyclic N) is 1. The molecule has 0 radical (unpaired) electrons. The number of rotatable bonds is 3. The molecule has 2 fully saturated rings. The van der Waals surface area contributed by atoms with Crippen LogP contribution in [0.15, 0.2) is 42.7 Å². The summed E-state index contributed by atoms with van der Waals surface area (Å²) in [5.74, 6) is -1.07. The minimum absolute atomic E-state index is 0.194. The number of hydrogen-bond donors (Lipinski definition) is 1. The summed E-state index contributed by atoms with van der Waals surface area (Å²) >= 11 is 0. The van der Waals surface area contributed by atoms with Gasteiger partial charge in [-0.15, -0.1) is 0 Å². The molecule has 2 aliphatic rings. The molecule has 2 saturated heterocycles. The van der Waals surface area contributed by atoms with E-state index in [4.69, 9.17) is 0 Å². The maximum atomic E-state index is 14.4. The van der Waals surface area contributed by atoms with Gasteiger partial charge < -0.3 is 14.9 Å². The molecule has 0 spiro atoms. The van der Waals surface area contributed by atoms with Gasteiger partial charge in [-0.1, -0.05) is 0 Å². The molecule has 1 amide bonds. The maximum Gasteiger partial charge on any atom is 0.272 e. The fraction of sp³-hybridized carbons (Fsp3) is 0.364. The maximum absolute atomic E-state index is 14.4. The van der Waals surface area contributed by atoms with Crippen LogP contribution in [-0.4, -0.2) is 50.5 Å². The van der Waals surface area contributed by atoms with E-state index in [1.54, 1.807) is 16.2 Å². The largest absolute Gasteiger partial charge is 0.386 e. The van der Waals surface area contributed by atoms with Gasteiger partial charge in [-0.05, 0) is 50.1 Å². The summed E-state index contributed by atoms with van der Waals surface area (Å²) in [6, 6.07) is 6.99. The van der Waals surface area contributed by atoms with Crippen LogP contribution in [0.4, 0.5) is 14.5 Å². The summed E-state index contributed by atoms with van der Waals surface area (Å²) in [6.07, 6.45) is 4.93. The van der Waals surface area contributed by atoms with Crippen molar-refractivity contribution in [3.8, 4) is 0 Å². The number of pyridine rings is 1. The molecule has 30 heavy (non-hydrogen) atoms. The lowest BCUT2D eigenvalue weighted by molar-refractivity contribution is -0.0671. The van der Waals surface area contributed by atoms with Gasteiger partial charge in [0.15, 0.2) is 0 Å². The molecule has 0 unspecified atom stereocenters. The quantitative estimate of drug-likeness (QED) is 0.718. The Bertz CT molecular complexity index is 1140. The van der Waals surface area contributed by atoms with E-state index in [1.165, 1.54) is 18.3 Å². The zero-order valence-electron chi connectivity index (χ0n) is 16.6. The minimum atomic E-state index is -0.848. The Labute approximate surface area is 172 Å². The molecule has 6 nitrogen and oxygen atoms in total. The van der Waals surface area contributed by atoms with Crippen molar-refractivity contribution in [3.05, 3.63) is 65.6 Å². The molecule has 1 atom stereocenters. The second kappa shape index (κ2) is 6.77. The third-order valence-electron chi connectivity index (χ3n) is 5.96. The molecule has 2 aromatic heterocycles. The van der Waals surface area contributed by atoms with Crippen LogP contribution in [0.3, 0.4) is 0 Å². The number of halogens is 2. The number of nitrogens with zero attached hydrogens (tertiary/aromatic N) is 4. The van der Waals surface area contributed by atoms with Crippen LogP contribution < -0.4 is 4.90 Å². The zero-order chi connectivity index (χ0) is 21.0. The molecule has 8 heteroatoms. The lowest BCUT2D eigenvalue weighted by Crippen LogP contribution is -2.61. The van der Waals surface area contributed by atoms with Crippen LogP contribution >= 0.6 is 0 Å². The van der Waals surface area contributed by atoms with E-state index in [2.05, 4.69) is 4.98 Å². The second-order valence-corrected chi connectivity index (χ2v) is 8.43. The molecule has 5 rings (SSSR count). The fourth-order valence-electron chi connectivity index (χ4n) is 4.55. The van der Waals surface area contributed by atoms with E-state index < -0.39 is 17.2 Å². The average Bonchev–Trinajstić information content (AvgIpc) is 3.33. The third-order valence-corrected chi connectivity index (χ3v) is 5.96. The van der Waals surface area contributed by atoms with Crippen LogP contribution in [0.25, 0.3) is 5.65 Å². The van der Waals surface area contributed by atoms with Gasteiger partial charge in [0.05, 0.1) is 36.6 Å². The fourth-order valence-corrected chi connectivity index (χ4v) is 4.55. The molecule has 4 heterocycles. The molecule has 156 valence electrons. The van der Waals surface area contributed by atoms with Gasteiger partial charge in [-0.3, -0.25) is 9.20 Å². The van der Waals surface area contributed by atoms with E-state index >= 15 is 0 Å². The number of carbonyl (C=O) groups excluding carboxylic acids is 1. The van der Waals surface area contributed by atoms with E-state index in [1.807, 2.05) is 23.2 Å². The van der Waals surface area contributed by atoms with Crippen molar-refractivity contribution in [2.45, 2.75) is 31.4 Å². The molecule has 0 saturated carbocycles. The van der Waals surface area contributed by atoms with Crippen molar-refractivity contribution >= 4 is 17.2 Å². The molecular formula is C22H22F2N4O2. The first kappa shape index (κ1) is 19.0. The smallest absolute Gasteiger partial charge is 0.272 e. The van der Waals surface area contributed by atoms with E-state index in [-0.39, 0.29) is 25.0 Å². The normalized spacial score (nSPS) is 20.6. The summed E-state index contributed by atoms with van der Waals surface area (Å²) < 4.78 is 29.9. The first-order valence-electron chi connectivity index (χ1n) is 10.0. The standard InChI is InChI=1S/C22H22F2N4O2/c1-22(30)12-26(13-22)21(29)19-10-25-20-7-5-15(11-28(19)20)27-8-2-3-18(27)16-9-14(23)4-6-17(16)24/h4-7,9-11,18,30H,2-3,8,12-13H2,1H3/t18-/m1/s1. The summed E-state index contributed by atoms with van der Waals surface area (Å²) in [6.45, 7) is 2.97. The van der Waals surface area contributed by atoms with Gasteiger partial charge in [-0.2, -0.15) is 0 Å². The number of carbonyl (C=O) groups is 1. The monoisotopic (exact) mass is 412 g/mol. The van der Waals surface area contributed by atoms with Gasteiger partial charge in [0, 0.05) is 18.3 Å². The van der Waals surface area contributed by atoms with Crippen LogP contribution in [0.1, 0.15) is 41.9 Å². The van der Waals surface area contributed by atoms with Gasteiger partial charge in [-0.25, -0.2) is 13.8 Å². The lowest BCUT2D eigenvalue weighted by Gasteiger charge is -2.43. The summed E-state index contributed by atoms with van der Waals surface area (Å²) in [4.78, 5) is 20.8. The minimum Gasteiger partial charge on any atom is -0.386 e. The number of anilines is 1. The summed E-state index contributed by atoms with van der Waals surface area (Å²) in [5.41, 5.74) is 1.35. The summed E-state index contributed by atoms with van der Waals surface area (Å²) in [7, 11) is 0. The number of amides is 1. The van der Waals surface area contributed by atoms with Crippen molar-refractivity contribution in [1.82, 2.24) is 14.3 Å². The number of aromatic nitrogens is 2. The molecule has 1 aromatic carbocycles. The molecule has 2 aliphatic heterocycles. The highest BCUT2D eigenvalue weighted by Crippen LogP contribution is 2.37. The van der Waals surface area contributed by atoms with E-state index in [0.717, 1.165) is 24.6 Å². The van der Waals surface area contributed by atoms with Crippen LogP contribution in [0.5, 0.6) is 0 Å². The Kier molecular flexibility index (Phi) is 4.28. The molecule has 3 aromatic rings. The number of likely N-dealkylation sites (tertiary alicyclic amines) is 1. The van der Waals surface area contributed by atoms with Crippen molar-refractivity contribution in [2.75, 3.05) is 24.5 Å². The molecule has 1 N–H and O–H groups in total. The van der Waals surface area contributed by atoms with Gasteiger partial charge in [0.25, 0.3) is 5.91 Å². The predicted octanol–water partition coefficient (Wildman–Crippen LogP) is 3.16. The molecule has 0 bridgehead atoms. The Balaban J connectivity index is 1.49. The Morgan fingerprint density at radius 2 is 2.03 bits per heavy atom. The SMILES string of the molecule is CC1(O)CN(C(=O)c2cnc3ccc(N4CCC[C@@H]4c4cc(F)ccc4F)cn23)C1. The van der Waals surface area contributed by atoms with E-state index in [0.29, 0.717) is 23.4 Å². The lowest BCUT2D eigenvalue weighted by atomic mass is 9.97. The number of aliphatic hydroxyl groups is 1. The predicted molar refractivity (Wildman–Crippen MR) is 107 cm³/mol. The Morgan fingerprint density at radius 1 is 1.23 bits per heavy atom. The first-order valence-corrected chi connectivity index (χ1v) is 10.0. The number of hydrogen-bond acceptors (Lipinski definition) is 4. The summed E-state index contributed by atoms with van der Waals surface area (Å²) in [5, 5.41) is 9.93. The first-order chi connectivity index (χ1) is 14.3. The number of benzene rings is 1. The van der Waals surface area contributed by atoms with Gasteiger partial charge in [0.1, 0.15) is 23.0 Å². The molecular weight excluding hydrogens is 390 g/mol. The van der Waals surface area contributed by atoms with Gasteiger partial charge in [0.2, 0.25) is 0 Å². The van der Waals surface area contributed by atoms with Gasteiger partial charge >= 0.3 is 0 Å². The number of imidazole rings is 1. The van der Waals surface area contributed by atoms with Crippen molar-refractivity contribution in [2.24, 2.45) is 0 Å². The Hall–Kier alpha value is -3.00. The second-order valence-electron chi connectivity index (χ2n) is 8.43.